The Morgan fingerprint density at radius 2 is 2.07 bits per heavy atom. The fourth-order valence-corrected chi connectivity index (χ4v) is 1.83. The maximum Gasteiger partial charge on any atom is 0.246 e. The van der Waals surface area contributed by atoms with Crippen LogP contribution in [0.15, 0.2) is 0 Å². The summed E-state index contributed by atoms with van der Waals surface area (Å²) in [5.41, 5.74) is 0. The molecule has 1 fully saturated rings. The first-order valence-electron chi connectivity index (χ1n) is 6.01. The zero-order valence-electron chi connectivity index (χ0n) is 9.75. The molecule has 1 saturated heterocycles. The number of hydrogen-bond acceptors (Lipinski definition) is 1. The van der Waals surface area contributed by atoms with E-state index in [-0.39, 0.29) is 6.04 Å². The van der Waals surface area contributed by atoms with Crippen molar-refractivity contribution in [2.24, 2.45) is 5.92 Å². The minimum Gasteiger partial charge on any atom is -0.329 e. The van der Waals surface area contributed by atoms with Crippen LogP contribution < -0.4 is 0 Å². The minimum absolute atomic E-state index is 0.279. The molecule has 0 spiro atoms. The smallest absolute Gasteiger partial charge is 0.246 e. The number of unbranched alkanes of at least 4 members (excludes halogenated alkanes) is 2. The van der Waals surface area contributed by atoms with Gasteiger partial charge in [-0.15, -0.1) is 0 Å². The van der Waals surface area contributed by atoms with Crippen molar-refractivity contribution in [3.8, 4) is 0 Å². The standard InChI is InChI=1S/C12H23NO/c1-4-6-7-8-13-11(12(13)14)9-10(3)5-2/h10-11H,4-9H2,1-3H3. The quantitative estimate of drug-likeness (QED) is 0.454. The summed E-state index contributed by atoms with van der Waals surface area (Å²) in [6.45, 7) is 7.61. The zero-order valence-corrected chi connectivity index (χ0v) is 9.75. The zero-order chi connectivity index (χ0) is 10.6. The van der Waals surface area contributed by atoms with Gasteiger partial charge in [-0.2, -0.15) is 0 Å². The normalized spacial score (nSPS) is 22.6. The topological polar surface area (TPSA) is 20.1 Å². The molecule has 0 bridgehead atoms. The van der Waals surface area contributed by atoms with Crippen molar-refractivity contribution in [3.63, 3.8) is 0 Å². The maximum atomic E-state index is 11.4. The number of nitrogens with zero attached hydrogens (tertiary/aromatic N) is 1. The molecular weight excluding hydrogens is 174 g/mol. The predicted octanol–water partition coefficient (Wildman–Crippen LogP) is 2.82. The summed E-state index contributed by atoms with van der Waals surface area (Å²) in [6.07, 6.45) is 5.92. The number of hydrogen-bond donors (Lipinski definition) is 0. The van der Waals surface area contributed by atoms with E-state index in [1.165, 1.54) is 25.7 Å². The van der Waals surface area contributed by atoms with E-state index in [4.69, 9.17) is 0 Å². The van der Waals surface area contributed by atoms with E-state index in [9.17, 15) is 4.79 Å². The Labute approximate surface area is 87.7 Å². The van der Waals surface area contributed by atoms with E-state index in [1.807, 2.05) is 4.90 Å². The molecule has 0 aromatic carbocycles. The first kappa shape index (κ1) is 11.5. The number of rotatable bonds is 7. The third-order valence-corrected chi connectivity index (χ3v) is 3.20. The van der Waals surface area contributed by atoms with E-state index >= 15 is 0 Å². The fraction of sp³-hybridized carbons (Fsp3) is 0.917. The van der Waals surface area contributed by atoms with E-state index in [2.05, 4.69) is 20.8 Å². The van der Waals surface area contributed by atoms with Crippen molar-refractivity contribution in [2.75, 3.05) is 6.54 Å². The van der Waals surface area contributed by atoms with Crippen LogP contribution in [0.25, 0.3) is 0 Å². The molecule has 1 heterocycles. The second-order valence-electron chi connectivity index (χ2n) is 4.50. The average Bonchev–Trinajstić information content (AvgIpc) is 2.77. The van der Waals surface area contributed by atoms with Gasteiger partial charge in [-0.05, 0) is 18.8 Å². The Morgan fingerprint density at radius 3 is 2.64 bits per heavy atom. The fourth-order valence-electron chi connectivity index (χ4n) is 1.83. The van der Waals surface area contributed by atoms with Gasteiger partial charge in [-0.3, -0.25) is 4.79 Å². The molecule has 1 aliphatic heterocycles. The van der Waals surface area contributed by atoms with Crippen molar-refractivity contribution < 1.29 is 4.79 Å². The highest BCUT2D eigenvalue weighted by Gasteiger charge is 2.44. The summed E-state index contributed by atoms with van der Waals surface area (Å²) in [7, 11) is 0. The lowest BCUT2D eigenvalue weighted by atomic mass is 10.0. The summed E-state index contributed by atoms with van der Waals surface area (Å²) >= 11 is 0. The average molecular weight is 197 g/mol. The van der Waals surface area contributed by atoms with Crippen LogP contribution in [0.3, 0.4) is 0 Å². The third-order valence-electron chi connectivity index (χ3n) is 3.20. The summed E-state index contributed by atoms with van der Waals surface area (Å²) in [6, 6.07) is 0.279. The van der Waals surface area contributed by atoms with Crippen LogP contribution in [-0.2, 0) is 4.79 Å². The van der Waals surface area contributed by atoms with Crippen molar-refractivity contribution in [3.05, 3.63) is 0 Å². The van der Waals surface area contributed by atoms with Crippen LogP contribution in [0.2, 0.25) is 0 Å². The van der Waals surface area contributed by atoms with Crippen LogP contribution in [0.1, 0.15) is 52.9 Å². The lowest BCUT2D eigenvalue weighted by Crippen LogP contribution is -2.07. The highest BCUT2D eigenvalue weighted by molar-refractivity contribution is 5.96. The highest BCUT2D eigenvalue weighted by atomic mass is 16.2. The molecule has 0 aliphatic carbocycles. The Balaban J connectivity index is 2.14. The number of amides is 1. The SMILES string of the molecule is CCCCCN1C(=O)C1CC(C)CC. The van der Waals surface area contributed by atoms with E-state index in [0.29, 0.717) is 11.8 Å². The molecule has 1 aliphatic rings. The van der Waals surface area contributed by atoms with Crippen molar-refractivity contribution in [1.29, 1.82) is 0 Å². The number of carbonyl (C=O) groups is 1. The number of carbonyl (C=O) groups excluding carboxylic acids is 1. The molecule has 1 rings (SSSR count). The van der Waals surface area contributed by atoms with Crippen LogP contribution in [0.4, 0.5) is 0 Å². The van der Waals surface area contributed by atoms with Gasteiger partial charge in [0.2, 0.25) is 5.91 Å². The van der Waals surface area contributed by atoms with Crippen LogP contribution in [-0.4, -0.2) is 23.4 Å². The molecule has 2 nitrogen and oxygen atoms in total. The lowest BCUT2D eigenvalue weighted by Gasteiger charge is -2.06. The summed E-state index contributed by atoms with van der Waals surface area (Å²) in [5, 5.41) is 0. The molecule has 14 heavy (non-hydrogen) atoms. The summed E-state index contributed by atoms with van der Waals surface area (Å²) in [5.74, 6) is 1.08. The van der Waals surface area contributed by atoms with Crippen LogP contribution in [0.5, 0.6) is 0 Å². The van der Waals surface area contributed by atoms with Gasteiger partial charge in [0.1, 0.15) is 6.04 Å². The van der Waals surface area contributed by atoms with Crippen LogP contribution >= 0.6 is 0 Å². The largest absolute Gasteiger partial charge is 0.329 e. The van der Waals surface area contributed by atoms with E-state index in [0.717, 1.165) is 13.0 Å². The molecule has 1 amide bonds. The molecule has 82 valence electrons. The Morgan fingerprint density at radius 1 is 1.36 bits per heavy atom. The Hall–Kier alpha value is -0.530. The van der Waals surface area contributed by atoms with Crippen LogP contribution in [0, 0.1) is 5.92 Å². The minimum atomic E-state index is 0.279. The highest BCUT2D eigenvalue weighted by Crippen LogP contribution is 2.28. The predicted molar refractivity (Wildman–Crippen MR) is 59.1 cm³/mol. The summed E-state index contributed by atoms with van der Waals surface area (Å²) < 4.78 is 0. The lowest BCUT2D eigenvalue weighted by molar-refractivity contribution is -0.114. The molecule has 0 saturated carbocycles. The molecule has 0 aromatic heterocycles. The Bertz CT molecular complexity index is 191. The van der Waals surface area contributed by atoms with Gasteiger partial charge in [-0.1, -0.05) is 40.0 Å². The van der Waals surface area contributed by atoms with Crippen molar-refractivity contribution in [2.45, 2.75) is 58.9 Å². The van der Waals surface area contributed by atoms with Gasteiger partial charge in [0.05, 0.1) is 0 Å². The Kier molecular flexibility index (Phi) is 4.43. The molecule has 2 unspecified atom stereocenters. The second kappa shape index (κ2) is 5.38. The summed E-state index contributed by atoms with van der Waals surface area (Å²) in [4.78, 5) is 13.4. The molecular formula is C12H23NO. The van der Waals surface area contributed by atoms with Gasteiger partial charge in [-0.25, -0.2) is 0 Å². The third kappa shape index (κ3) is 3.00. The second-order valence-corrected chi connectivity index (χ2v) is 4.50. The van der Waals surface area contributed by atoms with E-state index < -0.39 is 0 Å². The monoisotopic (exact) mass is 197 g/mol. The van der Waals surface area contributed by atoms with Crippen molar-refractivity contribution >= 4 is 5.91 Å². The maximum absolute atomic E-state index is 11.4. The van der Waals surface area contributed by atoms with Gasteiger partial charge < -0.3 is 4.90 Å². The molecule has 2 atom stereocenters. The molecule has 0 radical (unpaired) electrons. The van der Waals surface area contributed by atoms with Gasteiger partial charge in [0.15, 0.2) is 0 Å². The first-order chi connectivity index (χ1) is 6.70. The molecule has 0 aromatic rings. The van der Waals surface area contributed by atoms with Gasteiger partial charge in [0, 0.05) is 6.54 Å². The van der Waals surface area contributed by atoms with E-state index in [1.54, 1.807) is 0 Å². The molecule has 2 heteroatoms. The van der Waals surface area contributed by atoms with Gasteiger partial charge >= 0.3 is 0 Å². The van der Waals surface area contributed by atoms with Crippen molar-refractivity contribution in [1.82, 2.24) is 4.90 Å². The first-order valence-corrected chi connectivity index (χ1v) is 6.01. The molecule has 0 N–H and O–H groups in total. The van der Waals surface area contributed by atoms with Gasteiger partial charge in [0.25, 0.3) is 0 Å².